The van der Waals surface area contributed by atoms with Crippen LogP contribution in [0.25, 0.3) is 0 Å². The smallest absolute Gasteiger partial charge is 0.251 e. The third kappa shape index (κ3) is 5.76. The van der Waals surface area contributed by atoms with Crippen molar-refractivity contribution in [2.75, 3.05) is 26.2 Å². The minimum atomic E-state index is -2.47. The first-order chi connectivity index (χ1) is 9.04. The Morgan fingerprint density at radius 3 is 2.58 bits per heavy atom. The maximum atomic E-state index is 12.3. The summed E-state index contributed by atoms with van der Waals surface area (Å²) < 4.78 is 25.3. The van der Waals surface area contributed by atoms with Crippen molar-refractivity contribution in [2.45, 2.75) is 12.8 Å². The molecule has 0 aliphatic rings. The van der Waals surface area contributed by atoms with Crippen LogP contribution < -0.4 is 0 Å². The zero-order valence-corrected chi connectivity index (χ0v) is 11.9. The van der Waals surface area contributed by atoms with Gasteiger partial charge in [-0.2, -0.15) is 0 Å². The van der Waals surface area contributed by atoms with Crippen molar-refractivity contribution >= 4 is 21.7 Å². The van der Waals surface area contributed by atoms with Crippen LogP contribution >= 0.6 is 15.9 Å². The lowest BCUT2D eigenvalue weighted by Gasteiger charge is -2.20. The maximum absolute atomic E-state index is 12.3. The van der Waals surface area contributed by atoms with E-state index < -0.39 is 13.0 Å². The summed E-state index contributed by atoms with van der Waals surface area (Å²) in [5.41, 5.74) is 0.545. The largest absolute Gasteiger partial charge is 0.395 e. The number of aliphatic hydroxyl groups is 1. The summed E-state index contributed by atoms with van der Waals surface area (Å²) >= 11 is 3.28. The molecule has 0 atom stereocenters. The number of benzene rings is 1. The van der Waals surface area contributed by atoms with Gasteiger partial charge in [-0.25, -0.2) is 8.78 Å². The number of ketones is 1. The lowest BCUT2D eigenvalue weighted by molar-refractivity contribution is 0.0732. The molecule has 0 amide bonds. The van der Waals surface area contributed by atoms with E-state index in [1.165, 1.54) is 4.90 Å². The number of carbonyl (C=O) groups excluding carboxylic acids is 1. The van der Waals surface area contributed by atoms with Crippen LogP contribution in [0.15, 0.2) is 28.7 Å². The molecule has 0 aliphatic heterocycles. The van der Waals surface area contributed by atoms with E-state index in [-0.39, 0.29) is 31.9 Å². The van der Waals surface area contributed by atoms with Crippen LogP contribution in [0, 0.1) is 0 Å². The van der Waals surface area contributed by atoms with Gasteiger partial charge < -0.3 is 5.11 Å². The molecule has 0 heterocycles. The fraction of sp³-hybridized carbons (Fsp3) is 0.462. The van der Waals surface area contributed by atoms with Crippen LogP contribution in [0.4, 0.5) is 8.78 Å². The molecule has 1 aromatic rings. The molecule has 0 saturated carbocycles. The summed E-state index contributed by atoms with van der Waals surface area (Å²) in [6.45, 7) is -0.265. The Morgan fingerprint density at radius 1 is 1.32 bits per heavy atom. The van der Waals surface area contributed by atoms with Crippen LogP contribution in [0.2, 0.25) is 0 Å². The fourth-order valence-corrected chi connectivity index (χ4v) is 2.22. The molecule has 0 aromatic heterocycles. The third-order valence-electron chi connectivity index (χ3n) is 2.64. The van der Waals surface area contributed by atoms with Gasteiger partial charge in [0.25, 0.3) is 6.43 Å². The number of carbonyl (C=O) groups is 1. The summed E-state index contributed by atoms with van der Waals surface area (Å²) in [5, 5.41) is 8.80. The van der Waals surface area contributed by atoms with E-state index in [2.05, 4.69) is 15.9 Å². The van der Waals surface area contributed by atoms with Crippen LogP contribution in [-0.4, -0.2) is 48.5 Å². The van der Waals surface area contributed by atoms with Crippen molar-refractivity contribution in [3.8, 4) is 0 Å². The first kappa shape index (κ1) is 16.2. The zero-order valence-electron chi connectivity index (χ0n) is 10.4. The van der Waals surface area contributed by atoms with E-state index in [0.29, 0.717) is 10.0 Å². The molecule has 1 rings (SSSR count). The number of nitrogens with zero attached hydrogens (tertiary/aromatic N) is 1. The topological polar surface area (TPSA) is 40.5 Å². The van der Waals surface area contributed by atoms with Gasteiger partial charge in [0.1, 0.15) is 0 Å². The standard InChI is InChI=1S/C13H16BrF2NO2/c14-11-4-2-1-3-10(11)12(19)5-6-17(7-8-18)9-13(15)16/h1-4,13,18H,5-9H2. The summed E-state index contributed by atoms with van der Waals surface area (Å²) in [4.78, 5) is 13.3. The number of aliphatic hydroxyl groups excluding tert-OH is 1. The lowest BCUT2D eigenvalue weighted by atomic mass is 10.1. The highest BCUT2D eigenvalue weighted by atomic mass is 79.9. The molecule has 0 spiro atoms. The van der Waals surface area contributed by atoms with E-state index in [9.17, 15) is 13.6 Å². The first-order valence-corrected chi connectivity index (χ1v) is 6.73. The van der Waals surface area contributed by atoms with Crippen molar-refractivity contribution in [2.24, 2.45) is 0 Å². The molecule has 0 fully saturated rings. The van der Waals surface area contributed by atoms with Crippen molar-refractivity contribution in [3.63, 3.8) is 0 Å². The Morgan fingerprint density at radius 2 is 2.00 bits per heavy atom. The van der Waals surface area contributed by atoms with Crippen molar-refractivity contribution in [1.82, 2.24) is 4.90 Å². The predicted octanol–water partition coefficient (Wildman–Crippen LogP) is 2.58. The van der Waals surface area contributed by atoms with Crippen LogP contribution in [-0.2, 0) is 0 Å². The number of halogens is 3. The Hall–Kier alpha value is -0.850. The van der Waals surface area contributed by atoms with Crippen LogP contribution in [0.1, 0.15) is 16.8 Å². The molecule has 19 heavy (non-hydrogen) atoms. The molecule has 0 bridgehead atoms. The Labute approximate surface area is 119 Å². The van der Waals surface area contributed by atoms with Gasteiger partial charge >= 0.3 is 0 Å². The molecule has 1 N–H and O–H groups in total. The van der Waals surface area contributed by atoms with Crippen LogP contribution in [0.3, 0.4) is 0 Å². The Kier molecular flexibility index (Phi) is 7.12. The summed E-state index contributed by atoms with van der Waals surface area (Å²) in [7, 11) is 0. The second-order valence-corrected chi connectivity index (χ2v) is 4.92. The molecule has 106 valence electrons. The molecular weight excluding hydrogens is 320 g/mol. The van der Waals surface area contributed by atoms with Gasteiger partial charge in [0.15, 0.2) is 5.78 Å². The van der Waals surface area contributed by atoms with Gasteiger partial charge in [0.05, 0.1) is 13.2 Å². The second-order valence-electron chi connectivity index (χ2n) is 4.07. The minimum absolute atomic E-state index is 0.107. The molecule has 6 heteroatoms. The van der Waals surface area contributed by atoms with Gasteiger partial charge in [-0.3, -0.25) is 9.69 Å². The van der Waals surface area contributed by atoms with E-state index in [4.69, 9.17) is 5.11 Å². The van der Waals surface area contributed by atoms with E-state index in [1.807, 2.05) is 0 Å². The van der Waals surface area contributed by atoms with Crippen molar-refractivity contribution in [3.05, 3.63) is 34.3 Å². The number of hydrogen-bond donors (Lipinski definition) is 1. The Bertz CT molecular complexity index is 415. The van der Waals surface area contributed by atoms with Crippen molar-refractivity contribution < 1.29 is 18.7 Å². The van der Waals surface area contributed by atoms with E-state index in [1.54, 1.807) is 24.3 Å². The average Bonchev–Trinajstić information content (AvgIpc) is 2.36. The number of hydrogen-bond acceptors (Lipinski definition) is 3. The molecule has 0 aliphatic carbocycles. The number of rotatable bonds is 8. The van der Waals surface area contributed by atoms with Gasteiger partial charge in [-0.15, -0.1) is 0 Å². The van der Waals surface area contributed by atoms with Crippen LogP contribution in [0.5, 0.6) is 0 Å². The number of Topliss-reactive ketones (excluding diaryl/α,β-unsaturated/α-hetero) is 1. The SMILES string of the molecule is O=C(CCN(CCO)CC(F)F)c1ccccc1Br. The zero-order chi connectivity index (χ0) is 14.3. The molecule has 0 unspecified atom stereocenters. The summed E-state index contributed by atoms with van der Waals surface area (Å²) in [6, 6.07) is 7.01. The monoisotopic (exact) mass is 335 g/mol. The minimum Gasteiger partial charge on any atom is -0.395 e. The third-order valence-corrected chi connectivity index (χ3v) is 3.33. The lowest BCUT2D eigenvalue weighted by Crippen LogP contribution is -2.33. The first-order valence-electron chi connectivity index (χ1n) is 5.93. The summed E-state index contributed by atoms with van der Waals surface area (Å²) in [5.74, 6) is -0.107. The molecule has 3 nitrogen and oxygen atoms in total. The molecular formula is C13H16BrF2NO2. The Balaban J connectivity index is 2.54. The van der Waals surface area contributed by atoms with Gasteiger partial charge in [0, 0.05) is 29.5 Å². The second kappa shape index (κ2) is 8.35. The quantitative estimate of drug-likeness (QED) is 0.742. The molecule has 1 aromatic carbocycles. The van der Waals surface area contributed by atoms with Gasteiger partial charge in [-0.1, -0.05) is 34.1 Å². The fourth-order valence-electron chi connectivity index (χ4n) is 1.71. The maximum Gasteiger partial charge on any atom is 0.251 e. The average molecular weight is 336 g/mol. The van der Waals surface area contributed by atoms with Gasteiger partial charge in [0.2, 0.25) is 0 Å². The number of alkyl halides is 2. The van der Waals surface area contributed by atoms with E-state index >= 15 is 0 Å². The highest BCUT2D eigenvalue weighted by molar-refractivity contribution is 9.10. The van der Waals surface area contributed by atoms with Gasteiger partial charge in [-0.05, 0) is 6.07 Å². The predicted molar refractivity (Wildman–Crippen MR) is 72.6 cm³/mol. The van der Waals surface area contributed by atoms with Crippen molar-refractivity contribution in [1.29, 1.82) is 0 Å². The molecule has 0 saturated heterocycles. The summed E-state index contributed by atoms with van der Waals surface area (Å²) in [6.07, 6.45) is -2.32. The molecule has 0 radical (unpaired) electrons. The highest BCUT2D eigenvalue weighted by Gasteiger charge is 2.15. The van der Waals surface area contributed by atoms with E-state index in [0.717, 1.165) is 0 Å². The normalized spacial score (nSPS) is 11.3. The highest BCUT2D eigenvalue weighted by Crippen LogP contribution is 2.17.